The molecule has 0 aliphatic rings. The van der Waals surface area contributed by atoms with Crippen molar-refractivity contribution >= 4 is 5.95 Å². The van der Waals surface area contributed by atoms with Crippen LogP contribution in [0.2, 0.25) is 0 Å². The van der Waals surface area contributed by atoms with Crippen molar-refractivity contribution in [3.8, 4) is 0 Å². The Hall–Kier alpha value is -0.990. The first-order valence-corrected chi connectivity index (χ1v) is 5.22. The van der Waals surface area contributed by atoms with Crippen LogP contribution in [0.4, 0.5) is 5.95 Å². The molecular weight excluding hydrogens is 174 g/mol. The van der Waals surface area contributed by atoms with Crippen LogP contribution in [-0.4, -0.2) is 15.6 Å². The smallest absolute Gasteiger partial charge is 0.202 e. The highest BCUT2D eigenvalue weighted by Crippen LogP contribution is 2.21. The number of hydrogen-bond acceptors (Lipinski definition) is 2. The Morgan fingerprint density at radius 2 is 2.14 bits per heavy atom. The first kappa shape index (κ1) is 11.1. The Morgan fingerprint density at radius 1 is 1.50 bits per heavy atom. The monoisotopic (exact) mass is 195 g/mol. The quantitative estimate of drug-likeness (QED) is 0.803. The van der Waals surface area contributed by atoms with Gasteiger partial charge < -0.3 is 9.88 Å². The van der Waals surface area contributed by atoms with Gasteiger partial charge in [0.25, 0.3) is 0 Å². The molecule has 1 unspecified atom stereocenters. The zero-order valence-corrected chi connectivity index (χ0v) is 9.83. The number of hydrogen-bond donors (Lipinski definition) is 1. The topological polar surface area (TPSA) is 29.9 Å². The molecular formula is C11H21N3. The number of imidazole rings is 1. The van der Waals surface area contributed by atoms with Crippen molar-refractivity contribution in [2.24, 2.45) is 5.41 Å². The minimum absolute atomic E-state index is 0.254. The lowest BCUT2D eigenvalue weighted by atomic mass is 9.88. The fraction of sp³-hybridized carbons (Fsp3) is 0.727. The molecule has 0 aliphatic carbocycles. The Kier molecular flexibility index (Phi) is 3.19. The minimum Gasteiger partial charge on any atom is -0.353 e. The van der Waals surface area contributed by atoms with E-state index in [1.807, 2.05) is 12.4 Å². The van der Waals surface area contributed by atoms with E-state index in [-0.39, 0.29) is 5.41 Å². The third-order valence-corrected chi connectivity index (χ3v) is 2.70. The summed E-state index contributed by atoms with van der Waals surface area (Å²) in [4.78, 5) is 4.29. The van der Waals surface area contributed by atoms with Crippen molar-refractivity contribution in [1.29, 1.82) is 0 Å². The van der Waals surface area contributed by atoms with E-state index in [0.717, 1.165) is 12.5 Å². The second kappa shape index (κ2) is 4.03. The van der Waals surface area contributed by atoms with Crippen LogP contribution in [0.15, 0.2) is 12.4 Å². The summed E-state index contributed by atoms with van der Waals surface area (Å²) in [5, 5.41) is 3.43. The summed E-state index contributed by atoms with van der Waals surface area (Å²) in [5.41, 5.74) is 0.254. The van der Waals surface area contributed by atoms with E-state index in [0.29, 0.717) is 6.04 Å². The van der Waals surface area contributed by atoms with Gasteiger partial charge in [0, 0.05) is 25.0 Å². The molecule has 0 fully saturated rings. The second-order valence-electron chi connectivity index (χ2n) is 4.77. The highest BCUT2D eigenvalue weighted by molar-refractivity contribution is 5.27. The maximum atomic E-state index is 4.29. The third kappa shape index (κ3) is 2.50. The summed E-state index contributed by atoms with van der Waals surface area (Å²) in [6.45, 7) is 11.9. The van der Waals surface area contributed by atoms with Crippen LogP contribution in [0.5, 0.6) is 0 Å². The molecule has 1 aromatic heterocycles. The van der Waals surface area contributed by atoms with E-state index in [4.69, 9.17) is 0 Å². The molecule has 0 bridgehead atoms. The summed E-state index contributed by atoms with van der Waals surface area (Å²) in [6.07, 6.45) is 3.83. The number of rotatable bonds is 3. The molecule has 1 N–H and O–H groups in total. The predicted molar refractivity (Wildman–Crippen MR) is 60.4 cm³/mol. The van der Waals surface area contributed by atoms with Gasteiger partial charge >= 0.3 is 0 Å². The number of aromatic nitrogens is 2. The Labute approximate surface area is 86.5 Å². The number of aryl methyl sites for hydroxylation is 1. The highest BCUT2D eigenvalue weighted by atomic mass is 15.2. The average Bonchev–Trinajstić information content (AvgIpc) is 2.50. The van der Waals surface area contributed by atoms with E-state index in [9.17, 15) is 0 Å². The molecule has 3 nitrogen and oxygen atoms in total. The first-order chi connectivity index (χ1) is 6.45. The van der Waals surface area contributed by atoms with Crippen molar-refractivity contribution in [2.75, 3.05) is 5.32 Å². The van der Waals surface area contributed by atoms with Crippen LogP contribution in [0.25, 0.3) is 0 Å². The molecule has 1 aromatic rings. The lowest BCUT2D eigenvalue weighted by Gasteiger charge is -2.28. The van der Waals surface area contributed by atoms with Gasteiger partial charge in [0.2, 0.25) is 5.95 Å². The molecule has 0 aromatic carbocycles. The summed E-state index contributed by atoms with van der Waals surface area (Å²) in [6, 6.07) is 0.412. The maximum Gasteiger partial charge on any atom is 0.202 e. The molecule has 3 heteroatoms. The normalized spacial score (nSPS) is 14.1. The average molecular weight is 195 g/mol. The third-order valence-electron chi connectivity index (χ3n) is 2.70. The van der Waals surface area contributed by atoms with Crippen molar-refractivity contribution in [3.05, 3.63) is 12.4 Å². The Balaban J connectivity index is 2.69. The predicted octanol–water partition coefficient (Wildman–Crippen LogP) is 2.75. The molecule has 0 aliphatic heterocycles. The van der Waals surface area contributed by atoms with Gasteiger partial charge in [-0.2, -0.15) is 0 Å². The van der Waals surface area contributed by atoms with Crippen LogP contribution in [0.1, 0.15) is 34.6 Å². The lowest BCUT2D eigenvalue weighted by Crippen LogP contribution is -2.31. The van der Waals surface area contributed by atoms with Crippen molar-refractivity contribution in [2.45, 2.75) is 47.2 Å². The summed E-state index contributed by atoms with van der Waals surface area (Å²) in [7, 11) is 0. The zero-order chi connectivity index (χ0) is 10.8. The molecule has 1 heterocycles. The molecule has 0 amide bonds. The van der Waals surface area contributed by atoms with E-state index in [1.54, 1.807) is 0 Å². The maximum absolute atomic E-state index is 4.29. The van der Waals surface area contributed by atoms with Crippen LogP contribution in [0.3, 0.4) is 0 Å². The molecule has 0 radical (unpaired) electrons. The summed E-state index contributed by atoms with van der Waals surface area (Å²) in [5.74, 6) is 0.968. The highest BCUT2D eigenvalue weighted by Gasteiger charge is 2.20. The lowest BCUT2D eigenvalue weighted by molar-refractivity contribution is 0.357. The SMILES string of the molecule is CCn1ccnc1NC(C)C(C)(C)C. The molecule has 1 rings (SSSR count). The Bertz CT molecular complexity index is 283. The largest absolute Gasteiger partial charge is 0.353 e. The fourth-order valence-electron chi connectivity index (χ4n) is 1.11. The van der Waals surface area contributed by atoms with E-state index in [1.165, 1.54) is 0 Å². The van der Waals surface area contributed by atoms with Crippen LogP contribution in [0, 0.1) is 5.41 Å². The van der Waals surface area contributed by atoms with Gasteiger partial charge in [-0.15, -0.1) is 0 Å². The first-order valence-electron chi connectivity index (χ1n) is 5.22. The van der Waals surface area contributed by atoms with Crippen molar-refractivity contribution < 1.29 is 0 Å². The van der Waals surface area contributed by atoms with E-state index < -0.39 is 0 Å². The summed E-state index contributed by atoms with van der Waals surface area (Å²) < 4.78 is 2.11. The molecule has 80 valence electrons. The van der Waals surface area contributed by atoms with Crippen LogP contribution < -0.4 is 5.32 Å². The zero-order valence-electron chi connectivity index (χ0n) is 9.83. The van der Waals surface area contributed by atoms with Crippen molar-refractivity contribution in [3.63, 3.8) is 0 Å². The van der Waals surface area contributed by atoms with Crippen LogP contribution >= 0.6 is 0 Å². The molecule has 0 saturated carbocycles. The van der Waals surface area contributed by atoms with Gasteiger partial charge in [0.1, 0.15) is 0 Å². The molecule has 0 spiro atoms. The van der Waals surface area contributed by atoms with Crippen molar-refractivity contribution in [1.82, 2.24) is 9.55 Å². The van der Waals surface area contributed by atoms with Gasteiger partial charge in [-0.3, -0.25) is 0 Å². The summed E-state index contributed by atoms with van der Waals surface area (Å²) >= 11 is 0. The van der Waals surface area contributed by atoms with Crippen LogP contribution in [-0.2, 0) is 6.54 Å². The molecule has 14 heavy (non-hydrogen) atoms. The molecule has 0 saturated heterocycles. The second-order valence-corrected chi connectivity index (χ2v) is 4.77. The van der Waals surface area contributed by atoms with Gasteiger partial charge in [-0.1, -0.05) is 20.8 Å². The van der Waals surface area contributed by atoms with E-state index >= 15 is 0 Å². The standard InChI is InChI=1S/C11H21N3/c1-6-14-8-7-12-10(14)13-9(2)11(3,4)5/h7-9H,6H2,1-5H3,(H,12,13). The number of nitrogens with zero attached hydrogens (tertiary/aromatic N) is 2. The minimum atomic E-state index is 0.254. The fourth-order valence-corrected chi connectivity index (χ4v) is 1.11. The number of nitrogens with one attached hydrogen (secondary N) is 1. The Morgan fingerprint density at radius 3 is 2.64 bits per heavy atom. The number of anilines is 1. The van der Waals surface area contributed by atoms with E-state index in [2.05, 4.69) is 49.5 Å². The molecule has 1 atom stereocenters. The van der Waals surface area contributed by atoms with Gasteiger partial charge in [-0.05, 0) is 19.3 Å². The van der Waals surface area contributed by atoms with Gasteiger partial charge in [0.15, 0.2) is 0 Å². The van der Waals surface area contributed by atoms with Gasteiger partial charge in [0.05, 0.1) is 0 Å². The van der Waals surface area contributed by atoms with Gasteiger partial charge in [-0.25, -0.2) is 4.98 Å².